The summed E-state index contributed by atoms with van der Waals surface area (Å²) in [5, 5.41) is 4.56. The summed E-state index contributed by atoms with van der Waals surface area (Å²) in [5.74, 6) is -0.929. The quantitative estimate of drug-likeness (QED) is 0.275. The van der Waals surface area contributed by atoms with Crippen molar-refractivity contribution in [3.05, 3.63) is 29.2 Å². The maximum Gasteiger partial charge on any atom is 0.349 e. The molecule has 0 radical (unpaired) electrons. The van der Waals surface area contributed by atoms with Gasteiger partial charge in [0.1, 0.15) is 0 Å². The molecule has 1 fully saturated rings. The van der Waals surface area contributed by atoms with Crippen LogP contribution in [0.1, 0.15) is 13.8 Å². The first-order valence-corrected chi connectivity index (χ1v) is 8.15. The Labute approximate surface area is 144 Å². The Morgan fingerprint density at radius 3 is 2.33 bits per heavy atom. The lowest BCUT2D eigenvalue weighted by Crippen LogP contribution is -2.41. The molecule has 1 N–H and O–H groups in total. The van der Waals surface area contributed by atoms with Gasteiger partial charge in [0.25, 0.3) is 5.79 Å². The summed E-state index contributed by atoms with van der Waals surface area (Å²) in [6.07, 6.45) is 0. The summed E-state index contributed by atoms with van der Waals surface area (Å²) < 4.78 is 20.4. The van der Waals surface area contributed by atoms with Gasteiger partial charge in [-0.1, -0.05) is 0 Å². The van der Waals surface area contributed by atoms with Gasteiger partial charge in [0.2, 0.25) is 0 Å². The van der Waals surface area contributed by atoms with Gasteiger partial charge >= 0.3 is 11.9 Å². The minimum absolute atomic E-state index is 0.117. The molecule has 1 aromatic carbocycles. The summed E-state index contributed by atoms with van der Waals surface area (Å²) in [4.78, 5) is 23.6. The van der Waals surface area contributed by atoms with Gasteiger partial charge in [-0.3, -0.25) is 0 Å². The van der Waals surface area contributed by atoms with Gasteiger partial charge in [-0.25, -0.2) is 9.59 Å². The zero-order valence-electron chi connectivity index (χ0n) is 13.9. The lowest BCUT2D eigenvalue weighted by Gasteiger charge is -2.29. The fourth-order valence-electron chi connectivity index (χ4n) is 1.95. The Hall–Kier alpha value is -2.35. The first-order chi connectivity index (χ1) is 11.4. The first-order valence-electron chi connectivity index (χ1n) is 7.10. The van der Waals surface area contributed by atoms with E-state index in [4.69, 9.17) is 18.9 Å². The summed E-state index contributed by atoms with van der Waals surface area (Å²) in [6, 6.07) is 5.40. The summed E-state index contributed by atoms with van der Waals surface area (Å²) in [5.41, 5.74) is 0.696. The van der Waals surface area contributed by atoms with Gasteiger partial charge in [0.05, 0.1) is 20.1 Å². The monoisotopic (exact) mass is 353 g/mol. The Kier molecular flexibility index (Phi) is 5.61. The van der Waals surface area contributed by atoms with E-state index in [1.807, 2.05) is 6.07 Å². The van der Waals surface area contributed by atoms with Crippen molar-refractivity contribution in [2.75, 3.05) is 25.4 Å². The van der Waals surface area contributed by atoms with Crippen LogP contribution in [0.15, 0.2) is 29.2 Å². The molecule has 0 aromatic heterocycles. The molecule has 1 saturated heterocycles. The molecule has 1 aliphatic heterocycles. The van der Waals surface area contributed by atoms with Crippen LogP contribution in [0, 0.1) is 0 Å². The van der Waals surface area contributed by atoms with Gasteiger partial charge in [0.15, 0.2) is 17.1 Å². The summed E-state index contributed by atoms with van der Waals surface area (Å²) in [7, 11) is 3.12. The largest absolute Gasteiger partial charge is 0.493 e. The molecule has 0 saturated carbocycles. The van der Waals surface area contributed by atoms with Crippen molar-refractivity contribution in [1.29, 1.82) is 0 Å². The highest BCUT2D eigenvalue weighted by Crippen LogP contribution is 2.30. The molecule has 0 aliphatic carbocycles. The molecule has 2 rings (SSSR count). The van der Waals surface area contributed by atoms with Crippen LogP contribution in [0.4, 0.5) is 5.69 Å². The summed E-state index contributed by atoms with van der Waals surface area (Å²) >= 11 is 1.24. The number of carbonyl (C=O) groups excluding carboxylic acids is 2. The lowest BCUT2D eigenvalue weighted by atomic mass is 10.2. The number of thioether (sulfide) groups is 1. The van der Waals surface area contributed by atoms with E-state index in [9.17, 15) is 9.59 Å². The highest BCUT2D eigenvalue weighted by Gasteiger charge is 2.38. The number of esters is 2. The minimum atomic E-state index is -1.23. The van der Waals surface area contributed by atoms with Gasteiger partial charge in [-0.05, 0) is 17.5 Å². The zero-order chi connectivity index (χ0) is 17.7. The molecule has 0 atom stereocenters. The predicted molar refractivity (Wildman–Crippen MR) is 90.0 cm³/mol. The number of hydrogen-bond acceptors (Lipinski definition) is 8. The molecule has 1 heterocycles. The average molecular weight is 353 g/mol. The molecular weight excluding hydrogens is 334 g/mol. The molecule has 0 amide bonds. The highest BCUT2D eigenvalue weighted by atomic mass is 32.2. The molecule has 1 aromatic rings. The van der Waals surface area contributed by atoms with Crippen molar-refractivity contribution in [3.63, 3.8) is 0 Å². The molecule has 8 heteroatoms. The number of anilines is 1. The van der Waals surface area contributed by atoms with E-state index in [0.717, 1.165) is 5.69 Å². The Morgan fingerprint density at radius 2 is 1.75 bits per heavy atom. The third-order valence-electron chi connectivity index (χ3n) is 3.06. The molecule has 1 aliphatic rings. The molecule has 0 spiro atoms. The van der Waals surface area contributed by atoms with E-state index in [-0.39, 0.29) is 5.57 Å². The fraction of sp³-hybridized carbons (Fsp3) is 0.375. The summed E-state index contributed by atoms with van der Waals surface area (Å²) in [6.45, 7) is 3.01. The number of carbonyl (C=O) groups is 2. The molecule has 0 unspecified atom stereocenters. The van der Waals surface area contributed by atoms with Crippen LogP contribution in [-0.4, -0.2) is 37.8 Å². The first kappa shape index (κ1) is 18.0. The van der Waals surface area contributed by atoms with Crippen molar-refractivity contribution in [1.82, 2.24) is 0 Å². The molecule has 130 valence electrons. The van der Waals surface area contributed by atoms with Crippen molar-refractivity contribution >= 4 is 29.4 Å². The van der Waals surface area contributed by atoms with Crippen molar-refractivity contribution in [2.45, 2.75) is 19.6 Å². The van der Waals surface area contributed by atoms with E-state index in [1.54, 1.807) is 26.4 Å². The van der Waals surface area contributed by atoms with Crippen LogP contribution >= 0.6 is 11.8 Å². The number of benzene rings is 1. The van der Waals surface area contributed by atoms with E-state index in [2.05, 4.69) is 5.32 Å². The molecule has 0 bridgehead atoms. The number of cyclic esters (lactones) is 2. The topological polar surface area (TPSA) is 83.1 Å². The van der Waals surface area contributed by atoms with Gasteiger partial charge in [-0.15, -0.1) is 11.8 Å². The molecule has 7 nitrogen and oxygen atoms in total. The second-order valence-corrected chi connectivity index (χ2v) is 6.13. The highest BCUT2D eigenvalue weighted by molar-refractivity contribution is 8.02. The second-order valence-electron chi connectivity index (χ2n) is 5.27. The van der Waals surface area contributed by atoms with E-state index >= 15 is 0 Å². The third-order valence-corrected chi connectivity index (χ3v) is 3.77. The number of ether oxygens (including phenoxy) is 4. The van der Waals surface area contributed by atoms with Crippen LogP contribution in [0.3, 0.4) is 0 Å². The Bertz CT molecular complexity index is 649. The predicted octanol–water partition coefficient (Wildman–Crippen LogP) is 2.53. The van der Waals surface area contributed by atoms with Crippen LogP contribution in [0.2, 0.25) is 0 Å². The van der Waals surface area contributed by atoms with E-state index in [0.29, 0.717) is 17.4 Å². The number of rotatable bonds is 6. The molecular formula is C16H19NO6S. The van der Waals surface area contributed by atoms with E-state index in [1.165, 1.54) is 31.0 Å². The minimum Gasteiger partial charge on any atom is -0.493 e. The smallest absolute Gasteiger partial charge is 0.349 e. The Balaban J connectivity index is 1.93. The van der Waals surface area contributed by atoms with Crippen LogP contribution in [0.25, 0.3) is 0 Å². The number of methoxy groups -OCH3 is 2. The van der Waals surface area contributed by atoms with Crippen LogP contribution < -0.4 is 14.8 Å². The average Bonchev–Trinajstić information content (AvgIpc) is 2.52. The fourth-order valence-corrected chi connectivity index (χ4v) is 2.65. The molecule has 24 heavy (non-hydrogen) atoms. The van der Waals surface area contributed by atoms with Crippen LogP contribution in [-0.2, 0) is 19.1 Å². The maximum absolute atomic E-state index is 11.8. The van der Waals surface area contributed by atoms with Crippen molar-refractivity contribution in [2.24, 2.45) is 0 Å². The van der Waals surface area contributed by atoms with E-state index < -0.39 is 17.7 Å². The normalized spacial score (nSPS) is 16.1. The SMILES string of the molecule is COc1ccc(NCSC=C2C(=O)OC(C)(C)OC2=O)cc1OC. The standard InChI is InChI=1S/C16H19NO6S/c1-16(2)22-14(18)11(15(19)23-16)8-24-9-17-10-5-6-12(20-3)13(7-10)21-4/h5-8,17H,9H2,1-4H3. The Morgan fingerprint density at radius 1 is 1.12 bits per heavy atom. The number of nitrogens with one attached hydrogen (secondary N) is 1. The third kappa shape index (κ3) is 4.35. The zero-order valence-corrected chi connectivity index (χ0v) is 14.7. The van der Waals surface area contributed by atoms with Gasteiger partial charge in [0, 0.05) is 25.6 Å². The lowest BCUT2D eigenvalue weighted by molar-refractivity contribution is -0.222. The van der Waals surface area contributed by atoms with Crippen molar-refractivity contribution < 1.29 is 28.5 Å². The van der Waals surface area contributed by atoms with Gasteiger partial charge in [-0.2, -0.15) is 0 Å². The second kappa shape index (κ2) is 7.48. The maximum atomic E-state index is 11.8. The van der Waals surface area contributed by atoms with Crippen molar-refractivity contribution in [3.8, 4) is 11.5 Å². The van der Waals surface area contributed by atoms with Crippen LogP contribution in [0.5, 0.6) is 11.5 Å². The van der Waals surface area contributed by atoms with Gasteiger partial charge < -0.3 is 24.3 Å². The number of hydrogen-bond donors (Lipinski definition) is 1.